The molecule has 0 fully saturated rings. The Bertz CT molecular complexity index is 405. The predicted molar refractivity (Wildman–Crippen MR) is 50.8 cm³/mol. The number of hydrogen-bond acceptors (Lipinski definition) is 3. The number of halogens is 3. The van der Waals surface area contributed by atoms with Gasteiger partial charge in [0.1, 0.15) is 5.15 Å². The molecule has 0 N–H and O–H groups in total. The number of aliphatic imine (C=N–C) groups is 1. The summed E-state index contributed by atoms with van der Waals surface area (Å²) in [4.78, 5) is 16.9. The summed E-state index contributed by atoms with van der Waals surface area (Å²) in [5, 5.41) is -0.274. The van der Waals surface area contributed by atoms with E-state index < -0.39 is 11.9 Å². The molecule has 1 unspecified atom stereocenters. The summed E-state index contributed by atoms with van der Waals surface area (Å²) < 4.78 is 13.0. The lowest BCUT2D eigenvalue weighted by Crippen LogP contribution is -1.96. The van der Waals surface area contributed by atoms with Crippen LogP contribution in [-0.2, 0) is 4.79 Å². The van der Waals surface area contributed by atoms with Gasteiger partial charge in [0.25, 0.3) is 0 Å². The summed E-state index contributed by atoms with van der Waals surface area (Å²) in [6.45, 7) is 1.57. The van der Waals surface area contributed by atoms with E-state index in [2.05, 4.69) is 9.98 Å². The second-order valence-corrected chi connectivity index (χ2v) is 3.25. The smallest absolute Gasteiger partial charge is 0.221 e. The Morgan fingerprint density at radius 3 is 2.79 bits per heavy atom. The largest absolute Gasteiger partial charge is 0.235 e. The van der Waals surface area contributed by atoms with Gasteiger partial charge in [-0.2, -0.15) is 4.99 Å². The van der Waals surface area contributed by atoms with E-state index in [1.807, 2.05) is 0 Å². The summed E-state index contributed by atoms with van der Waals surface area (Å²) in [7, 11) is 0. The molecule has 1 aromatic heterocycles. The number of nitrogens with zero attached hydrogens (tertiary/aromatic N) is 2. The van der Waals surface area contributed by atoms with Crippen molar-refractivity contribution in [1.82, 2.24) is 4.98 Å². The minimum absolute atomic E-state index is 0.0305. The molecule has 0 aliphatic carbocycles. The molecule has 0 radical (unpaired) electrons. The van der Waals surface area contributed by atoms with E-state index in [4.69, 9.17) is 23.2 Å². The molecule has 0 aromatic carbocycles. The molecular formula is C8H5Cl2FN2O. The molecule has 0 spiro atoms. The highest BCUT2D eigenvalue weighted by Gasteiger charge is 2.13. The second-order valence-electron chi connectivity index (χ2n) is 2.54. The maximum absolute atomic E-state index is 13.0. The summed E-state index contributed by atoms with van der Waals surface area (Å²) >= 11 is 11.1. The zero-order valence-electron chi connectivity index (χ0n) is 7.09. The average Bonchev–Trinajstić information content (AvgIpc) is 2.11. The third-order valence-corrected chi connectivity index (χ3v) is 2.18. The van der Waals surface area contributed by atoms with Gasteiger partial charge in [0.2, 0.25) is 6.08 Å². The Morgan fingerprint density at radius 1 is 1.57 bits per heavy atom. The van der Waals surface area contributed by atoms with Crippen LogP contribution in [-0.4, -0.2) is 11.1 Å². The maximum atomic E-state index is 13.0. The van der Waals surface area contributed by atoms with Crippen LogP contribution in [0.25, 0.3) is 0 Å². The fraction of sp³-hybridized carbons (Fsp3) is 0.250. The molecule has 0 aliphatic rings. The third-order valence-electron chi connectivity index (χ3n) is 1.61. The van der Waals surface area contributed by atoms with E-state index in [0.717, 1.165) is 6.07 Å². The Morgan fingerprint density at radius 2 is 2.21 bits per heavy atom. The van der Waals surface area contributed by atoms with Gasteiger partial charge in [-0.3, -0.25) is 0 Å². The van der Waals surface area contributed by atoms with Crippen LogP contribution in [0.5, 0.6) is 0 Å². The summed E-state index contributed by atoms with van der Waals surface area (Å²) in [6, 6.07) is 0.516. The average molecular weight is 235 g/mol. The molecule has 0 saturated carbocycles. The first-order valence-corrected chi connectivity index (χ1v) is 4.40. The van der Waals surface area contributed by atoms with Gasteiger partial charge in [-0.25, -0.2) is 14.2 Å². The first kappa shape index (κ1) is 11.1. The van der Waals surface area contributed by atoms with Gasteiger partial charge in [-0.1, -0.05) is 23.2 Å². The standard InChI is InChI=1S/C8H5Cl2FN2O/c1-4(12-3-14)5-2-6(11)8(10)13-7(5)9/h2,4H,1H3. The zero-order valence-corrected chi connectivity index (χ0v) is 8.60. The van der Waals surface area contributed by atoms with Crippen LogP contribution in [0.15, 0.2) is 11.1 Å². The highest BCUT2D eigenvalue weighted by Crippen LogP contribution is 2.26. The van der Waals surface area contributed by atoms with E-state index in [1.54, 1.807) is 6.92 Å². The van der Waals surface area contributed by atoms with Crippen molar-refractivity contribution in [2.45, 2.75) is 13.0 Å². The molecule has 0 bridgehead atoms. The Hall–Kier alpha value is -0.960. The Balaban J connectivity index is 3.21. The van der Waals surface area contributed by atoms with Gasteiger partial charge in [0.15, 0.2) is 11.0 Å². The number of aromatic nitrogens is 1. The first-order valence-electron chi connectivity index (χ1n) is 3.64. The van der Waals surface area contributed by atoms with Crippen molar-refractivity contribution >= 4 is 29.3 Å². The van der Waals surface area contributed by atoms with Crippen molar-refractivity contribution in [3.63, 3.8) is 0 Å². The minimum Gasteiger partial charge on any atom is -0.221 e. The van der Waals surface area contributed by atoms with Crippen molar-refractivity contribution in [1.29, 1.82) is 0 Å². The highest BCUT2D eigenvalue weighted by molar-refractivity contribution is 6.33. The van der Waals surface area contributed by atoms with E-state index in [0.29, 0.717) is 5.56 Å². The van der Waals surface area contributed by atoms with Gasteiger partial charge in [0, 0.05) is 5.56 Å². The van der Waals surface area contributed by atoms with Crippen LogP contribution < -0.4 is 0 Å². The highest BCUT2D eigenvalue weighted by atomic mass is 35.5. The molecule has 1 aromatic rings. The fourth-order valence-electron chi connectivity index (χ4n) is 0.901. The maximum Gasteiger partial charge on any atom is 0.235 e. The molecular weight excluding hydrogens is 230 g/mol. The van der Waals surface area contributed by atoms with Crippen LogP contribution in [0.4, 0.5) is 4.39 Å². The summed E-state index contributed by atoms with van der Waals surface area (Å²) in [5.41, 5.74) is 0.303. The Kier molecular flexibility index (Phi) is 3.58. The van der Waals surface area contributed by atoms with Crippen LogP contribution >= 0.6 is 23.2 Å². The predicted octanol–water partition coefficient (Wildman–Crippen LogP) is 2.92. The van der Waals surface area contributed by atoms with Crippen LogP contribution in [0.2, 0.25) is 10.3 Å². The van der Waals surface area contributed by atoms with E-state index in [9.17, 15) is 9.18 Å². The molecule has 1 rings (SSSR count). The van der Waals surface area contributed by atoms with Crippen molar-refractivity contribution in [2.75, 3.05) is 0 Å². The molecule has 6 heteroatoms. The van der Waals surface area contributed by atoms with Crippen molar-refractivity contribution in [3.8, 4) is 0 Å². The topological polar surface area (TPSA) is 42.3 Å². The van der Waals surface area contributed by atoms with E-state index >= 15 is 0 Å². The molecule has 0 amide bonds. The lowest BCUT2D eigenvalue weighted by Gasteiger charge is -2.06. The minimum atomic E-state index is -0.695. The first-order chi connectivity index (χ1) is 6.56. The lowest BCUT2D eigenvalue weighted by molar-refractivity contribution is 0.559. The van der Waals surface area contributed by atoms with Gasteiger partial charge in [0.05, 0.1) is 6.04 Å². The van der Waals surface area contributed by atoms with E-state index in [1.165, 1.54) is 6.08 Å². The third kappa shape index (κ3) is 2.29. The van der Waals surface area contributed by atoms with Crippen LogP contribution in [0.3, 0.4) is 0 Å². The van der Waals surface area contributed by atoms with Crippen molar-refractivity contribution < 1.29 is 9.18 Å². The molecule has 1 heterocycles. The number of hydrogen-bond donors (Lipinski definition) is 0. The van der Waals surface area contributed by atoms with Gasteiger partial charge in [-0.15, -0.1) is 0 Å². The van der Waals surface area contributed by atoms with Gasteiger partial charge >= 0.3 is 0 Å². The fourth-order valence-corrected chi connectivity index (χ4v) is 1.38. The normalized spacial score (nSPS) is 12.0. The number of pyridine rings is 1. The number of rotatable bonds is 2. The lowest BCUT2D eigenvalue weighted by atomic mass is 10.1. The second kappa shape index (κ2) is 4.51. The van der Waals surface area contributed by atoms with Crippen LogP contribution in [0.1, 0.15) is 18.5 Å². The summed E-state index contributed by atoms with van der Waals surface area (Å²) in [6.07, 6.45) is 1.36. The molecule has 1 atom stereocenters. The molecule has 0 aliphatic heterocycles. The summed E-state index contributed by atoms with van der Waals surface area (Å²) in [5.74, 6) is -0.695. The van der Waals surface area contributed by atoms with Crippen molar-refractivity contribution in [3.05, 3.63) is 27.8 Å². The monoisotopic (exact) mass is 234 g/mol. The van der Waals surface area contributed by atoms with Crippen LogP contribution in [0, 0.1) is 5.82 Å². The van der Waals surface area contributed by atoms with Crippen molar-refractivity contribution in [2.24, 2.45) is 4.99 Å². The SMILES string of the molecule is CC(N=C=O)c1cc(F)c(Cl)nc1Cl. The quantitative estimate of drug-likeness (QED) is 0.449. The van der Waals surface area contributed by atoms with Gasteiger partial charge < -0.3 is 0 Å². The number of carbonyl (C=O) groups excluding carboxylic acids is 1. The van der Waals surface area contributed by atoms with Gasteiger partial charge in [-0.05, 0) is 13.0 Å². The Labute approximate surface area is 89.6 Å². The van der Waals surface area contributed by atoms with E-state index in [-0.39, 0.29) is 10.3 Å². The molecule has 74 valence electrons. The zero-order chi connectivity index (χ0) is 10.7. The number of isocyanates is 1. The molecule has 0 saturated heterocycles. The molecule has 14 heavy (non-hydrogen) atoms. The molecule has 3 nitrogen and oxygen atoms in total.